The summed E-state index contributed by atoms with van der Waals surface area (Å²) >= 11 is 0. The minimum absolute atomic E-state index is 0.00280. The minimum atomic E-state index is 0.00280. The second kappa shape index (κ2) is 7.71. The second-order valence-electron chi connectivity index (χ2n) is 8.13. The molecule has 144 valence electrons. The molecule has 1 aromatic carbocycles. The Hall–Kier alpha value is -2.37. The lowest BCUT2D eigenvalue weighted by atomic mass is 9.89. The Kier molecular flexibility index (Phi) is 5.14. The molecule has 2 aliphatic rings. The van der Waals surface area contributed by atoms with Crippen molar-refractivity contribution in [3.63, 3.8) is 0 Å². The molecule has 27 heavy (non-hydrogen) atoms. The first-order valence-electron chi connectivity index (χ1n) is 10.2. The van der Waals surface area contributed by atoms with E-state index in [4.69, 9.17) is 0 Å². The van der Waals surface area contributed by atoms with Crippen LogP contribution in [-0.2, 0) is 13.0 Å². The maximum atomic E-state index is 12.8. The monoisotopic (exact) mass is 367 g/mol. The topological polar surface area (TPSA) is 63.1 Å². The average molecular weight is 367 g/mol. The van der Waals surface area contributed by atoms with Crippen LogP contribution in [0.5, 0.6) is 0 Å². The lowest BCUT2D eigenvalue weighted by molar-refractivity contribution is 0.212. The van der Waals surface area contributed by atoms with Gasteiger partial charge in [-0.2, -0.15) is 0 Å². The molecule has 1 unspecified atom stereocenters. The molecule has 0 aliphatic carbocycles. The van der Waals surface area contributed by atoms with Gasteiger partial charge in [0, 0.05) is 37.3 Å². The fourth-order valence-electron chi connectivity index (χ4n) is 4.29. The SMILES string of the molecule is CC(C)C1CCCN(C(=O)Nc2cccc(-c3nnc4n3CCC4)c2)CC1. The summed E-state index contributed by atoms with van der Waals surface area (Å²) in [5.74, 6) is 3.37. The number of aromatic nitrogens is 3. The first-order valence-corrected chi connectivity index (χ1v) is 10.2. The maximum absolute atomic E-state index is 12.8. The fraction of sp³-hybridized carbons (Fsp3) is 0.571. The molecule has 0 spiro atoms. The summed E-state index contributed by atoms with van der Waals surface area (Å²) in [4.78, 5) is 14.7. The number of hydrogen-bond donors (Lipinski definition) is 1. The molecule has 1 atom stereocenters. The third-order valence-electron chi connectivity index (χ3n) is 5.98. The van der Waals surface area contributed by atoms with Crippen LogP contribution in [0.25, 0.3) is 11.4 Å². The number of carbonyl (C=O) groups excluding carboxylic acids is 1. The van der Waals surface area contributed by atoms with Crippen LogP contribution in [0.15, 0.2) is 24.3 Å². The summed E-state index contributed by atoms with van der Waals surface area (Å²) in [6.07, 6.45) is 5.52. The number of benzene rings is 1. The molecule has 2 amide bonds. The van der Waals surface area contributed by atoms with Gasteiger partial charge in [0.25, 0.3) is 0 Å². The van der Waals surface area contributed by atoms with Crippen LogP contribution in [0.1, 0.15) is 45.4 Å². The van der Waals surface area contributed by atoms with Crippen LogP contribution >= 0.6 is 0 Å². The predicted molar refractivity (Wildman–Crippen MR) is 107 cm³/mol. The van der Waals surface area contributed by atoms with Gasteiger partial charge in [-0.15, -0.1) is 10.2 Å². The van der Waals surface area contributed by atoms with E-state index < -0.39 is 0 Å². The Bertz CT molecular complexity index is 813. The highest BCUT2D eigenvalue weighted by atomic mass is 16.2. The minimum Gasteiger partial charge on any atom is -0.325 e. The van der Waals surface area contributed by atoms with Gasteiger partial charge in [0.1, 0.15) is 5.82 Å². The molecule has 1 fully saturated rings. The Morgan fingerprint density at radius 3 is 2.89 bits per heavy atom. The summed E-state index contributed by atoms with van der Waals surface area (Å²) in [7, 11) is 0. The van der Waals surface area contributed by atoms with Crippen molar-refractivity contribution in [3.05, 3.63) is 30.1 Å². The van der Waals surface area contributed by atoms with Crippen molar-refractivity contribution in [1.29, 1.82) is 0 Å². The number of carbonyl (C=O) groups is 1. The van der Waals surface area contributed by atoms with E-state index in [1.807, 2.05) is 29.2 Å². The Morgan fingerprint density at radius 2 is 2.04 bits per heavy atom. The van der Waals surface area contributed by atoms with Crippen LogP contribution in [0, 0.1) is 11.8 Å². The van der Waals surface area contributed by atoms with E-state index in [9.17, 15) is 4.79 Å². The van der Waals surface area contributed by atoms with Crippen molar-refractivity contribution in [3.8, 4) is 11.4 Å². The van der Waals surface area contributed by atoms with Crippen molar-refractivity contribution in [2.75, 3.05) is 18.4 Å². The molecule has 4 rings (SSSR count). The first-order chi connectivity index (χ1) is 13.1. The number of hydrogen-bond acceptors (Lipinski definition) is 3. The standard InChI is InChI=1S/C21H29N5O/c1-15(2)16-7-4-11-25(13-10-16)21(27)22-18-8-3-6-17(14-18)20-24-23-19-9-5-12-26(19)20/h3,6,8,14-16H,4-5,7,9-13H2,1-2H3,(H,22,27). The number of likely N-dealkylation sites (tertiary alicyclic amines) is 1. The van der Waals surface area contributed by atoms with Crippen molar-refractivity contribution in [2.45, 2.75) is 52.5 Å². The van der Waals surface area contributed by atoms with Gasteiger partial charge < -0.3 is 14.8 Å². The van der Waals surface area contributed by atoms with E-state index in [-0.39, 0.29) is 6.03 Å². The third kappa shape index (κ3) is 3.84. The molecule has 0 bridgehead atoms. The Morgan fingerprint density at radius 1 is 1.15 bits per heavy atom. The van der Waals surface area contributed by atoms with E-state index in [1.54, 1.807) is 0 Å². The van der Waals surface area contributed by atoms with Gasteiger partial charge in [-0.3, -0.25) is 0 Å². The number of anilines is 1. The smallest absolute Gasteiger partial charge is 0.321 e. The molecular weight excluding hydrogens is 338 g/mol. The largest absolute Gasteiger partial charge is 0.325 e. The molecular formula is C21H29N5O. The molecule has 2 aliphatic heterocycles. The summed E-state index contributed by atoms with van der Waals surface area (Å²) in [5, 5.41) is 11.7. The summed E-state index contributed by atoms with van der Waals surface area (Å²) in [6.45, 7) is 7.22. The zero-order valence-electron chi connectivity index (χ0n) is 16.3. The number of nitrogens with one attached hydrogen (secondary N) is 1. The van der Waals surface area contributed by atoms with Gasteiger partial charge in [-0.05, 0) is 49.7 Å². The van der Waals surface area contributed by atoms with Crippen LogP contribution in [0.2, 0.25) is 0 Å². The van der Waals surface area contributed by atoms with Crippen LogP contribution in [0.4, 0.5) is 10.5 Å². The van der Waals surface area contributed by atoms with Gasteiger partial charge in [-0.1, -0.05) is 26.0 Å². The van der Waals surface area contributed by atoms with E-state index in [0.29, 0.717) is 5.92 Å². The van der Waals surface area contributed by atoms with Crippen LogP contribution < -0.4 is 5.32 Å². The molecule has 3 heterocycles. The third-order valence-corrected chi connectivity index (χ3v) is 5.98. The molecule has 0 radical (unpaired) electrons. The van der Waals surface area contributed by atoms with Crippen LogP contribution in [0.3, 0.4) is 0 Å². The number of nitrogens with zero attached hydrogens (tertiary/aromatic N) is 4. The van der Waals surface area contributed by atoms with Gasteiger partial charge in [0.15, 0.2) is 5.82 Å². The Balaban J connectivity index is 1.44. The van der Waals surface area contributed by atoms with Crippen molar-refractivity contribution >= 4 is 11.7 Å². The number of amides is 2. The fourth-order valence-corrected chi connectivity index (χ4v) is 4.29. The molecule has 0 saturated carbocycles. The average Bonchev–Trinajstić information content (AvgIpc) is 3.17. The normalized spacial score (nSPS) is 19.8. The predicted octanol–water partition coefficient (Wildman–Crippen LogP) is 4.18. The van der Waals surface area contributed by atoms with Gasteiger partial charge in [-0.25, -0.2) is 4.79 Å². The van der Waals surface area contributed by atoms with E-state index in [0.717, 1.165) is 74.1 Å². The van der Waals surface area contributed by atoms with Crippen molar-refractivity contribution in [1.82, 2.24) is 19.7 Å². The molecule has 6 heteroatoms. The first kappa shape index (κ1) is 18.0. The summed E-state index contributed by atoms with van der Waals surface area (Å²) < 4.78 is 2.18. The van der Waals surface area contributed by atoms with Crippen molar-refractivity contribution < 1.29 is 4.79 Å². The van der Waals surface area contributed by atoms with Crippen LogP contribution in [-0.4, -0.2) is 38.8 Å². The molecule has 1 saturated heterocycles. The summed E-state index contributed by atoms with van der Waals surface area (Å²) in [5.41, 5.74) is 1.82. The molecule has 6 nitrogen and oxygen atoms in total. The highest BCUT2D eigenvalue weighted by Crippen LogP contribution is 2.27. The molecule has 2 aromatic rings. The van der Waals surface area contributed by atoms with Gasteiger partial charge in [0.05, 0.1) is 0 Å². The van der Waals surface area contributed by atoms with Gasteiger partial charge in [0.2, 0.25) is 0 Å². The zero-order chi connectivity index (χ0) is 18.8. The number of rotatable bonds is 3. The zero-order valence-corrected chi connectivity index (χ0v) is 16.3. The number of fused-ring (bicyclic) bond motifs is 1. The summed E-state index contributed by atoms with van der Waals surface area (Å²) in [6, 6.07) is 7.95. The van der Waals surface area contributed by atoms with Crippen molar-refractivity contribution in [2.24, 2.45) is 11.8 Å². The lowest BCUT2D eigenvalue weighted by Crippen LogP contribution is -2.35. The van der Waals surface area contributed by atoms with E-state index in [1.165, 1.54) is 6.42 Å². The quantitative estimate of drug-likeness (QED) is 0.885. The lowest BCUT2D eigenvalue weighted by Gasteiger charge is -2.22. The van der Waals surface area contributed by atoms with E-state index in [2.05, 4.69) is 33.9 Å². The molecule has 1 aromatic heterocycles. The second-order valence-corrected chi connectivity index (χ2v) is 8.13. The number of urea groups is 1. The van der Waals surface area contributed by atoms with E-state index >= 15 is 0 Å². The Labute approximate surface area is 161 Å². The maximum Gasteiger partial charge on any atom is 0.321 e. The highest BCUT2D eigenvalue weighted by molar-refractivity contribution is 5.90. The number of aryl methyl sites for hydroxylation is 1. The highest BCUT2D eigenvalue weighted by Gasteiger charge is 2.23. The van der Waals surface area contributed by atoms with Gasteiger partial charge >= 0.3 is 6.03 Å². The molecule has 1 N–H and O–H groups in total.